The van der Waals surface area contributed by atoms with Crippen molar-refractivity contribution in [3.8, 4) is 17.2 Å². The smallest absolute Gasteiger partial charge is 0.350 e. The predicted molar refractivity (Wildman–Crippen MR) is 163 cm³/mol. The Kier molecular flexibility index (Phi) is 9.77. The van der Waals surface area contributed by atoms with Crippen LogP contribution in [0.15, 0.2) is 58.2 Å². The zero-order valence-corrected chi connectivity index (χ0v) is 26.0. The monoisotopic (exact) mass is 638 g/mol. The van der Waals surface area contributed by atoms with Gasteiger partial charge in [0.05, 0.1) is 45.2 Å². The van der Waals surface area contributed by atoms with E-state index in [0.29, 0.717) is 28.0 Å². The van der Waals surface area contributed by atoms with E-state index in [-0.39, 0.29) is 39.4 Å². The van der Waals surface area contributed by atoms with E-state index in [2.05, 4.69) is 4.98 Å². The lowest BCUT2D eigenvalue weighted by atomic mass is 9.94. The average Bonchev–Trinajstić information content (AvgIpc) is 3.69. The number of hydrogen-bond acceptors (Lipinski definition) is 12. The van der Waals surface area contributed by atoms with Gasteiger partial charge in [-0.15, -0.1) is 0 Å². The Balaban J connectivity index is 0.00000109. The van der Waals surface area contributed by atoms with Crippen LogP contribution in [0, 0.1) is 6.92 Å². The highest BCUT2D eigenvalue weighted by atomic mass is 32.1. The number of para-hydroxylation sites is 1. The molecule has 0 aliphatic carbocycles. The third-order valence-electron chi connectivity index (χ3n) is 6.56. The molecule has 0 bridgehead atoms. The largest absolute Gasteiger partial charge is 0.503 e. The fraction of sp³-hybridized carbons (Fsp3) is 0.258. The fourth-order valence-electron chi connectivity index (χ4n) is 4.71. The van der Waals surface area contributed by atoms with Gasteiger partial charge in [0, 0.05) is 12.3 Å². The second-order valence-electron chi connectivity index (χ2n) is 9.43. The molecule has 1 aliphatic rings. The summed E-state index contributed by atoms with van der Waals surface area (Å²) in [5, 5.41) is 19.3. The maximum absolute atomic E-state index is 14.0. The Morgan fingerprint density at radius 3 is 2.22 bits per heavy atom. The van der Waals surface area contributed by atoms with E-state index in [9.17, 15) is 19.5 Å². The van der Waals surface area contributed by atoms with E-state index in [1.807, 2.05) is 0 Å². The van der Waals surface area contributed by atoms with Crippen molar-refractivity contribution < 1.29 is 52.8 Å². The number of hydrogen-bond donors (Lipinski definition) is 2. The van der Waals surface area contributed by atoms with Gasteiger partial charge in [-0.1, -0.05) is 29.5 Å². The molecule has 4 aromatic rings. The van der Waals surface area contributed by atoms with Gasteiger partial charge in [-0.2, -0.15) is 0 Å². The van der Waals surface area contributed by atoms with Gasteiger partial charge in [0.1, 0.15) is 10.5 Å². The third kappa shape index (κ3) is 6.31. The number of carboxylic acids is 1. The first kappa shape index (κ1) is 32.5. The number of methoxy groups -OCH3 is 3. The van der Waals surface area contributed by atoms with Gasteiger partial charge in [0.2, 0.25) is 11.5 Å². The van der Waals surface area contributed by atoms with Crippen molar-refractivity contribution in [2.24, 2.45) is 0 Å². The number of esters is 1. The van der Waals surface area contributed by atoms with Crippen LogP contribution in [0.3, 0.4) is 0 Å². The molecule has 236 valence electrons. The number of aliphatic carboxylic acids is 1. The van der Waals surface area contributed by atoms with Crippen LogP contribution in [-0.4, -0.2) is 66.8 Å². The molecule has 1 amide bonds. The van der Waals surface area contributed by atoms with Crippen molar-refractivity contribution in [3.63, 3.8) is 0 Å². The van der Waals surface area contributed by atoms with Crippen LogP contribution in [0.5, 0.6) is 17.2 Å². The van der Waals surface area contributed by atoms with Crippen LogP contribution < -0.4 is 19.1 Å². The molecule has 0 saturated heterocycles. The first-order valence-electron chi connectivity index (χ1n) is 13.4. The Morgan fingerprint density at radius 1 is 1.04 bits per heavy atom. The van der Waals surface area contributed by atoms with E-state index in [4.69, 9.17) is 33.3 Å². The number of aryl methyl sites for hydroxylation is 1. The lowest BCUT2D eigenvalue weighted by molar-refractivity contribution is -0.134. The quantitative estimate of drug-likeness (QED) is 0.180. The third-order valence-corrected chi connectivity index (χ3v) is 7.69. The van der Waals surface area contributed by atoms with Gasteiger partial charge in [0.15, 0.2) is 28.1 Å². The summed E-state index contributed by atoms with van der Waals surface area (Å²) in [5.74, 6) is -3.04. The molecule has 0 fully saturated rings. The van der Waals surface area contributed by atoms with Gasteiger partial charge < -0.3 is 33.6 Å². The number of benzene rings is 2. The first-order valence-corrected chi connectivity index (χ1v) is 14.2. The number of ether oxygens (including phenoxy) is 4. The number of aromatic nitrogens is 1. The SMILES string of the molecule is CC(=O)O.CCOC(=O)c1sc(N2C(=O)C(O)=C(C(=O)c3cc4ccccc4o3)C2c2cc(OC)c(OC)c(OC)c2)nc1C. The molecule has 0 saturated carbocycles. The minimum Gasteiger partial charge on any atom is -0.503 e. The van der Waals surface area contributed by atoms with E-state index >= 15 is 0 Å². The minimum absolute atomic E-state index is 0.0672. The lowest BCUT2D eigenvalue weighted by Gasteiger charge is -2.25. The summed E-state index contributed by atoms with van der Waals surface area (Å²) in [6.07, 6.45) is 0. The van der Waals surface area contributed by atoms with Crippen LogP contribution in [0.4, 0.5) is 5.13 Å². The Morgan fingerprint density at radius 2 is 1.67 bits per heavy atom. The lowest BCUT2D eigenvalue weighted by Crippen LogP contribution is -2.31. The molecular weight excluding hydrogens is 608 g/mol. The molecule has 1 atom stereocenters. The standard InChI is InChI=1S/C29H26N2O9S.C2H4O2/c1-6-39-28(35)26-14(2)30-29(41-26)31-22(16-12-19(36-3)25(38-5)20(13-16)37-4)21(24(33)27(31)34)23(32)18-11-15-9-7-8-10-17(15)40-18;1-2(3)4/h7-13,22,33H,6H2,1-5H3;1H3,(H,3,4). The summed E-state index contributed by atoms with van der Waals surface area (Å²) in [7, 11) is 4.31. The van der Waals surface area contributed by atoms with Crippen molar-refractivity contribution in [1.29, 1.82) is 0 Å². The second kappa shape index (κ2) is 13.5. The van der Waals surface area contributed by atoms with E-state index in [0.717, 1.165) is 23.2 Å². The highest BCUT2D eigenvalue weighted by molar-refractivity contribution is 7.17. The number of furan rings is 1. The zero-order chi connectivity index (χ0) is 33.0. The molecule has 14 heteroatoms. The Bertz CT molecular complexity index is 1760. The second-order valence-corrected chi connectivity index (χ2v) is 10.4. The van der Waals surface area contributed by atoms with Crippen molar-refractivity contribution in [1.82, 2.24) is 4.98 Å². The maximum atomic E-state index is 14.0. The molecule has 3 heterocycles. The minimum atomic E-state index is -1.20. The molecule has 1 unspecified atom stereocenters. The van der Waals surface area contributed by atoms with Gasteiger partial charge in [-0.25, -0.2) is 9.78 Å². The highest BCUT2D eigenvalue weighted by Gasteiger charge is 2.47. The zero-order valence-electron chi connectivity index (χ0n) is 25.2. The summed E-state index contributed by atoms with van der Waals surface area (Å²) in [4.78, 5) is 54.9. The topological polar surface area (TPSA) is 175 Å². The molecule has 0 radical (unpaired) electrons. The first-order chi connectivity index (χ1) is 21.5. The molecule has 2 aromatic heterocycles. The van der Waals surface area contributed by atoms with Crippen LogP contribution in [-0.2, 0) is 14.3 Å². The number of carboxylic acid groups (broad SMARTS) is 1. The van der Waals surface area contributed by atoms with Gasteiger partial charge in [-0.3, -0.25) is 19.3 Å². The maximum Gasteiger partial charge on any atom is 0.350 e. The van der Waals surface area contributed by atoms with Gasteiger partial charge >= 0.3 is 5.97 Å². The number of ketones is 1. The molecule has 5 rings (SSSR count). The number of Topliss-reactive ketones (excluding diaryl/α,β-unsaturated/α-hetero) is 1. The van der Waals surface area contributed by atoms with Gasteiger partial charge in [0.25, 0.3) is 11.9 Å². The summed E-state index contributed by atoms with van der Waals surface area (Å²) < 4.78 is 27.4. The molecule has 13 nitrogen and oxygen atoms in total. The van der Waals surface area contributed by atoms with Crippen molar-refractivity contribution in [3.05, 3.63) is 75.7 Å². The molecule has 2 aromatic carbocycles. The van der Waals surface area contributed by atoms with Gasteiger partial charge in [-0.05, 0) is 43.7 Å². The van der Waals surface area contributed by atoms with E-state index in [1.165, 1.54) is 21.3 Å². The molecule has 2 N–H and O–H groups in total. The fourth-order valence-corrected chi connectivity index (χ4v) is 5.69. The number of aliphatic hydroxyl groups is 1. The van der Waals surface area contributed by atoms with Crippen LogP contribution in [0.2, 0.25) is 0 Å². The predicted octanol–water partition coefficient (Wildman–Crippen LogP) is 5.27. The molecular formula is C31H30N2O11S. The van der Waals surface area contributed by atoms with Crippen LogP contribution >= 0.6 is 11.3 Å². The number of amides is 1. The Labute approximate surface area is 261 Å². The van der Waals surface area contributed by atoms with Crippen LogP contribution in [0.1, 0.15) is 51.4 Å². The number of aliphatic hydroxyl groups excluding tert-OH is 1. The van der Waals surface area contributed by atoms with E-state index in [1.54, 1.807) is 56.3 Å². The van der Waals surface area contributed by atoms with Crippen LogP contribution in [0.25, 0.3) is 11.0 Å². The number of thiazole rings is 1. The summed E-state index contributed by atoms with van der Waals surface area (Å²) in [5.41, 5.74) is 0.906. The molecule has 45 heavy (non-hydrogen) atoms. The molecule has 0 spiro atoms. The number of anilines is 1. The number of carbonyl (C=O) groups excluding carboxylic acids is 3. The highest BCUT2D eigenvalue weighted by Crippen LogP contribution is 2.48. The summed E-state index contributed by atoms with van der Waals surface area (Å²) in [6, 6.07) is 10.5. The van der Waals surface area contributed by atoms with E-state index < -0.39 is 35.4 Å². The number of fused-ring (bicyclic) bond motifs is 1. The number of nitrogens with zero attached hydrogens (tertiary/aromatic N) is 2. The van der Waals surface area contributed by atoms with Crippen molar-refractivity contribution in [2.75, 3.05) is 32.8 Å². The normalized spacial score (nSPS) is 14.2. The van der Waals surface area contributed by atoms with Crippen molar-refractivity contribution in [2.45, 2.75) is 26.8 Å². The summed E-state index contributed by atoms with van der Waals surface area (Å²) >= 11 is 0.910. The summed E-state index contributed by atoms with van der Waals surface area (Å²) in [6.45, 7) is 4.52. The Hall–Kier alpha value is -5.37. The number of carbonyl (C=O) groups is 4. The van der Waals surface area contributed by atoms with Crippen molar-refractivity contribution >= 4 is 51.1 Å². The molecule has 1 aliphatic heterocycles. The number of rotatable bonds is 9. The average molecular weight is 639 g/mol.